The molecular weight excluding hydrogens is 225 g/mol. The maximum Gasteiger partial charge on any atom is 0 e. The second kappa shape index (κ2) is 2.47. The van der Waals surface area contributed by atoms with Crippen molar-refractivity contribution in [2.75, 3.05) is 0 Å². The van der Waals surface area contributed by atoms with Gasteiger partial charge in [0, 0.05) is 33.8 Å². The second-order valence-electron chi connectivity index (χ2n) is 0.982. The van der Waals surface area contributed by atoms with Crippen molar-refractivity contribution in [3.05, 3.63) is 0 Å². The van der Waals surface area contributed by atoms with Gasteiger partial charge in [-0.3, -0.25) is 0 Å². The van der Waals surface area contributed by atoms with Gasteiger partial charge in [-0.1, -0.05) is 0 Å². The fourth-order valence-electron chi connectivity index (χ4n) is 0.0447. The monoisotopic (exact) mass is 228 g/mol. The van der Waals surface area contributed by atoms with E-state index in [2.05, 4.69) is 9.35 Å². The normalized spacial score (nSPS) is 32.1. The first kappa shape index (κ1) is 12.0. The second-order valence-corrected chi connectivity index (χ2v) is 2.95. The Bertz CT molecular complexity index is 76.2. The van der Waals surface area contributed by atoms with Gasteiger partial charge >= 0.3 is 31.8 Å². The van der Waals surface area contributed by atoms with Crippen LogP contribution in [-0.2, 0) is 43.2 Å². The minimum atomic E-state index is -4.80. The van der Waals surface area contributed by atoms with Crippen molar-refractivity contribution in [2.45, 2.75) is 0 Å². The van der Waals surface area contributed by atoms with E-state index in [1.807, 2.05) is 0 Å². The van der Waals surface area contributed by atoms with Gasteiger partial charge in [-0.05, 0) is 0 Å². The Kier molecular flexibility index (Phi) is 3.71. The number of rotatable bonds is 0. The van der Waals surface area contributed by atoms with E-state index in [1.54, 1.807) is 0 Å². The van der Waals surface area contributed by atoms with E-state index in [0.29, 0.717) is 0 Å². The molecule has 3 N–H and O–H groups in total. The molecule has 0 atom stereocenters. The average molecular weight is 228 g/mol. The van der Waals surface area contributed by atoms with Crippen LogP contribution in [0.3, 0.4) is 0 Å². The quantitative estimate of drug-likeness (QED) is 0.215. The van der Waals surface area contributed by atoms with E-state index >= 15 is 0 Å². The van der Waals surface area contributed by atoms with Crippen LogP contribution in [-0.4, -0.2) is 14.7 Å². The molecule has 5 nitrogen and oxygen atoms in total. The molecule has 0 saturated carbocycles. The SMILES string of the molecule is OP1(O)(O)OO1.[Co].[Mn]. The summed E-state index contributed by atoms with van der Waals surface area (Å²) < 4.78 is 6.76. The van der Waals surface area contributed by atoms with Crippen LogP contribution in [0.15, 0.2) is 0 Å². The predicted molar refractivity (Wildman–Crippen MR) is 15.7 cm³/mol. The first-order chi connectivity index (χ1) is 2.47. The largest absolute Gasteiger partial charge is 0 e. The average Bonchev–Trinajstić information content (AvgIpc) is 1.73. The van der Waals surface area contributed by atoms with Crippen molar-refractivity contribution in [3.63, 3.8) is 0 Å². The molecule has 1 rings (SSSR count). The van der Waals surface area contributed by atoms with Crippen molar-refractivity contribution in [1.82, 2.24) is 0 Å². The van der Waals surface area contributed by atoms with E-state index in [1.165, 1.54) is 0 Å². The molecule has 0 aliphatic carbocycles. The molecular formula is H3CoMnO5P. The van der Waals surface area contributed by atoms with Gasteiger partial charge in [0.15, 0.2) is 0 Å². The van der Waals surface area contributed by atoms with Gasteiger partial charge in [0.2, 0.25) is 0 Å². The van der Waals surface area contributed by atoms with Crippen LogP contribution in [0.4, 0.5) is 0 Å². The Morgan fingerprint density at radius 1 is 1.00 bits per heavy atom. The third-order valence-corrected chi connectivity index (χ3v) is 0.824. The Morgan fingerprint density at radius 3 is 1.12 bits per heavy atom. The zero-order chi connectivity index (χ0) is 4.86. The van der Waals surface area contributed by atoms with Gasteiger partial charge in [0.1, 0.15) is 0 Å². The topological polar surface area (TPSA) is 85.8 Å². The summed E-state index contributed by atoms with van der Waals surface area (Å²) >= 11 is 0. The number of hydrogen-bond donors (Lipinski definition) is 3. The van der Waals surface area contributed by atoms with E-state index in [9.17, 15) is 0 Å². The molecule has 1 saturated heterocycles. The van der Waals surface area contributed by atoms with E-state index in [0.717, 1.165) is 0 Å². The van der Waals surface area contributed by atoms with Gasteiger partial charge in [0.05, 0.1) is 0 Å². The van der Waals surface area contributed by atoms with Crippen LogP contribution in [0, 0.1) is 0 Å². The summed E-state index contributed by atoms with van der Waals surface area (Å²) in [6.45, 7) is 0. The van der Waals surface area contributed by atoms with Gasteiger partial charge < -0.3 is 0 Å². The standard InChI is InChI=1S/Co.Mn.H3O5P/c;;1-6(2,3)4-5-6/h;;1-3H. The van der Waals surface area contributed by atoms with Crippen molar-refractivity contribution in [2.24, 2.45) is 0 Å². The minimum Gasteiger partial charge on any atom is 0 e. The maximum absolute atomic E-state index is 7.89. The molecule has 0 bridgehead atoms. The van der Waals surface area contributed by atoms with Gasteiger partial charge in [-0.15, -0.1) is 0 Å². The first-order valence-electron chi connectivity index (χ1n) is 1.13. The van der Waals surface area contributed by atoms with Gasteiger partial charge in [-0.2, -0.15) is 0 Å². The van der Waals surface area contributed by atoms with Crippen LogP contribution in [0.1, 0.15) is 0 Å². The Morgan fingerprint density at radius 2 is 1.12 bits per heavy atom. The summed E-state index contributed by atoms with van der Waals surface area (Å²) in [6, 6.07) is 0. The summed E-state index contributed by atoms with van der Waals surface area (Å²) in [4.78, 5) is 23.7. The maximum atomic E-state index is 7.89. The Balaban J connectivity index is 0. The molecule has 0 aromatic rings. The third-order valence-electron chi connectivity index (χ3n) is 0.275. The Labute approximate surface area is 65.9 Å². The molecule has 0 aromatic carbocycles. The molecule has 1 heterocycles. The van der Waals surface area contributed by atoms with Crippen LogP contribution in [0.2, 0.25) is 0 Å². The van der Waals surface area contributed by atoms with Crippen LogP contribution in [0.25, 0.3) is 0 Å². The summed E-state index contributed by atoms with van der Waals surface area (Å²) in [6.07, 6.45) is 0. The molecule has 0 spiro atoms. The molecule has 1 aliphatic rings. The molecule has 1 fully saturated rings. The molecule has 0 amide bonds. The first-order valence-corrected chi connectivity index (χ1v) is 3.06. The smallest absolute Gasteiger partial charge is 0 e. The summed E-state index contributed by atoms with van der Waals surface area (Å²) in [7, 11) is -4.80. The minimum absolute atomic E-state index is 0. The molecule has 2 radical (unpaired) electrons. The van der Waals surface area contributed by atoms with Crippen molar-refractivity contribution in [3.8, 4) is 0 Å². The van der Waals surface area contributed by atoms with Crippen molar-refractivity contribution < 1.29 is 57.9 Å². The fraction of sp³-hybridized carbons (Fsp3) is 0. The fourth-order valence-corrected chi connectivity index (χ4v) is 0.402. The zero-order valence-corrected chi connectivity index (χ0v) is 6.43. The van der Waals surface area contributed by atoms with Gasteiger partial charge in [-0.25, -0.2) is 0 Å². The summed E-state index contributed by atoms with van der Waals surface area (Å²) in [5.74, 6) is 0. The molecule has 8 heavy (non-hydrogen) atoms. The Hall–Kier alpha value is 1.26. The molecule has 54 valence electrons. The third kappa shape index (κ3) is 4.17. The predicted octanol–water partition coefficient (Wildman–Crippen LogP) is -0.952. The van der Waals surface area contributed by atoms with Crippen molar-refractivity contribution >= 4 is 7.74 Å². The molecule has 1 aliphatic heterocycles. The van der Waals surface area contributed by atoms with E-state index in [-0.39, 0.29) is 33.8 Å². The van der Waals surface area contributed by atoms with Crippen LogP contribution < -0.4 is 0 Å². The van der Waals surface area contributed by atoms with E-state index < -0.39 is 7.74 Å². The van der Waals surface area contributed by atoms with Crippen molar-refractivity contribution in [1.29, 1.82) is 0 Å². The zero-order valence-electron chi connectivity index (χ0n) is 3.32. The van der Waals surface area contributed by atoms with Crippen LogP contribution >= 0.6 is 7.74 Å². The molecule has 0 aromatic heterocycles. The summed E-state index contributed by atoms with van der Waals surface area (Å²) in [5.41, 5.74) is 0. The summed E-state index contributed by atoms with van der Waals surface area (Å²) in [5, 5.41) is 0. The number of hydrogen-bond acceptors (Lipinski definition) is 5. The molecule has 8 heteroatoms. The molecule has 0 unspecified atom stereocenters. The van der Waals surface area contributed by atoms with Gasteiger partial charge in [0.25, 0.3) is 0 Å². The van der Waals surface area contributed by atoms with E-state index in [4.69, 9.17) is 14.7 Å². The van der Waals surface area contributed by atoms with Crippen LogP contribution in [0.5, 0.6) is 0 Å².